The summed E-state index contributed by atoms with van der Waals surface area (Å²) in [7, 11) is 0. The number of rotatable bonds is 7. The predicted octanol–water partition coefficient (Wildman–Crippen LogP) is 5.93. The molecule has 1 amide bonds. The predicted molar refractivity (Wildman–Crippen MR) is 111 cm³/mol. The second-order valence-electron chi connectivity index (χ2n) is 5.44. The van der Waals surface area contributed by atoms with Gasteiger partial charge >= 0.3 is 0 Å². The van der Waals surface area contributed by atoms with Crippen molar-refractivity contribution in [2.75, 3.05) is 11.9 Å². The van der Waals surface area contributed by atoms with E-state index >= 15 is 0 Å². The van der Waals surface area contributed by atoms with Crippen LogP contribution in [0.5, 0.6) is 5.75 Å². The molecule has 1 N–H and O–H groups in total. The molecule has 0 fully saturated rings. The average Bonchev–Trinajstić information content (AvgIpc) is 3.11. The minimum absolute atomic E-state index is 0.257. The number of aromatic nitrogens is 2. The molecular formula is C18H14Cl2FN3O2S2. The van der Waals surface area contributed by atoms with Crippen LogP contribution in [-0.4, -0.2) is 22.7 Å². The molecule has 0 aliphatic carbocycles. The van der Waals surface area contributed by atoms with Gasteiger partial charge in [0.2, 0.25) is 5.13 Å². The molecule has 0 saturated heterocycles. The lowest BCUT2D eigenvalue weighted by atomic mass is 10.2. The van der Waals surface area contributed by atoms with E-state index in [1.165, 1.54) is 47.4 Å². The van der Waals surface area contributed by atoms with E-state index in [0.717, 1.165) is 5.56 Å². The van der Waals surface area contributed by atoms with E-state index in [1.807, 2.05) is 6.92 Å². The highest BCUT2D eigenvalue weighted by Crippen LogP contribution is 2.35. The number of nitrogens with zero attached hydrogens (tertiary/aromatic N) is 2. The maximum atomic E-state index is 12.9. The first kappa shape index (κ1) is 20.9. The highest BCUT2D eigenvalue weighted by molar-refractivity contribution is 8.00. The van der Waals surface area contributed by atoms with Gasteiger partial charge in [0.05, 0.1) is 16.7 Å². The van der Waals surface area contributed by atoms with Crippen LogP contribution in [0, 0.1) is 5.82 Å². The molecule has 5 nitrogen and oxygen atoms in total. The van der Waals surface area contributed by atoms with Crippen molar-refractivity contribution < 1.29 is 13.9 Å². The summed E-state index contributed by atoms with van der Waals surface area (Å²) in [6, 6.07) is 9.22. The summed E-state index contributed by atoms with van der Waals surface area (Å²) in [5.74, 6) is 0.285. The molecule has 0 aliphatic rings. The first-order valence-corrected chi connectivity index (χ1v) is 10.7. The number of anilines is 1. The van der Waals surface area contributed by atoms with Crippen LogP contribution in [0.2, 0.25) is 10.0 Å². The van der Waals surface area contributed by atoms with E-state index in [1.54, 1.807) is 12.1 Å². The molecule has 3 rings (SSSR count). The van der Waals surface area contributed by atoms with Gasteiger partial charge < -0.3 is 4.74 Å². The van der Waals surface area contributed by atoms with Crippen LogP contribution < -0.4 is 10.1 Å². The fraction of sp³-hybridized carbons (Fsp3) is 0.167. The van der Waals surface area contributed by atoms with Gasteiger partial charge in [0.25, 0.3) is 5.91 Å². The number of ether oxygens (including phenoxy) is 1. The molecule has 1 aromatic heterocycles. The highest BCUT2D eigenvalue weighted by Gasteiger charge is 2.16. The number of carbonyl (C=O) groups excluding carboxylic acids is 1. The molecule has 0 atom stereocenters. The number of hydrogen-bond acceptors (Lipinski definition) is 6. The summed E-state index contributed by atoms with van der Waals surface area (Å²) in [6.07, 6.45) is 0. The minimum atomic E-state index is -0.405. The van der Waals surface area contributed by atoms with Gasteiger partial charge in [-0.25, -0.2) is 4.39 Å². The van der Waals surface area contributed by atoms with Crippen LogP contribution >= 0.6 is 46.3 Å². The summed E-state index contributed by atoms with van der Waals surface area (Å²) >= 11 is 15.0. The zero-order valence-corrected chi connectivity index (χ0v) is 17.7. The molecule has 2 aromatic carbocycles. The van der Waals surface area contributed by atoms with E-state index in [2.05, 4.69) is 15.5 Å². The Labute approximate surface area is 179 Å². The Bertz CT molecular complexity index is 960. The number of carbonyl (C=O) groups is 1. The van der Waals surface area contributed by atoms with Crippen LogP contribution in [0.15, 0.2) is 40.7 Å². The van der Waals surface area contributed by atoms with Gasteiger partial charge in [0.15, 0.2) is 10.1 Å². The van der Waals surface area contributed by atoms with Crippen molar-refractivity contribution in [3.8, 4) is 5.75 Å². The third-order valence-electron chi connectivity index (χ3n) is 3.45. The average molecular weight is 458 g/mol. The molecule has 0 spiro atoms. The first-order chi connectivity index (χ1) is 13.5. The highest BCUT2D eigenvalue weighted by atomic mass is 35.5. The Balaban J connectivity index is 1.63. The third kappa shape index (κ3) is 5.35. The summed E-state index contributed by atoms with van der Waals surface area (Å²) < 4.78 is 19.0. The van der Waals surface area contributed by atoms with Gasteiger partial charge in [-0.2, -0.15) is 0 Å². The molecule has 146 valence electrons. The van der Waals surface area contributed by atoms with Crippen LogP contribution in [0.3, 0.4) is 0 Å². The smallest absolute Gasteiger partial charge is 0.257 e. The van der Waals surface area contributed by atoms with Gasteiger partial charge in [0.1, 0.15) is 5.82 Å². The Kier molecular flexibility index (Phi) is 7.12. The summed E-state index contributed by atoms with van der Waals surface area (Å²) in [5.41, 5.74) is 1.25. The zero-order chi connectivity index (χ0) is 20.1. The standard InChI is InChI=1S/C18H14Cl2FN3O2S2/c1-2-26-15-13(19)7-11(8-14(15)20)16(25)22-17-23-24-18(28-17)27-9-10-3-5-12(21)6-4-10/h3-8H,2,9H2,1H3,(H,22,23,25). The largest absolute Gasteiger partial charge is 0.491 e. The number of amides is 1. The van der Waals surface area contributed by atoms with Gasteiger partial charge in [-0.3, -0.25) is 10.1 Å². The number of nitrogens with one attached hydrogen (secondary N) is 1. The Morgan fingerprint density at radius 3 is 2.54 bits per heavy atom. The fourth-order valence-electron chi connectivity index (χ4n) is 2.19. The molecule has 0 bridgehead atoms. The van der Waals surface area contributed by atoms with Crippen molar-refractivity contribution in [1.82, 2.24) is 10.2 Å². The van der Waals surface area contributed by atoms with Crippen molar-refractivity contribution in [3.05, 3.63) is 63.4 Å². The number of halogens is 3. The van der Waals surface area contributed by atoms with Gasteiger partial charge in [0, 0.05) is 11.3 Å². The molecule has 10 heteroatoms. The number of hydrogen-bond donors (Lipinski definition) is 1. The Morgan fingerprint density at radius 2 is 1.89 bits per heavy atom. The summed E-state index contributed by atoms with van der Waals surface area (Å²) in [5, 5.41) is 11.5. The minimum Gasteiger partial charge on any atom is -0.491 e. The summed E-state index contributed by atoms with van der Waals surface area (Å²) in [6.45, 7) is 2.22. The molecular weight excluding hydrogens is 444 g/mol. The van der Waals surface area contributed by atoms with Crippen LogP contribution in [0.25, 0.3) is 0 Å². The Morgan fingerprint density at radius 1 is 1.21 bits per heavy atom. The molecule has 28 heavy (non-hydrogen) atoms. The molecule has 0 unspecified atom stereocenters. The van der Waals surface area contributed by atoms with Crippen LogP contribution in [0.4, 0.5) is 9.52 Å². The number of benzene rings is 2. The van der Waals surface area contributed by atoms with Crippen molar-refractivity contribution in [1.29, 1.82) is 0 Å². The van der Waals surface area contributed by atoms with E-state index < -0.39 is 5.91 Å². The van der Waals surface area contributed by atoms with Crippen molar-refractivity contribution in [2.24, 2.45) is 0 Å². The molecule has 0 aliphatic heterocycles. The fourth-order valence-corrected chi connectivity index (χ4v) is 4.49. The Hall–Kier alpha value is -1.87. The monoisotopic (exact) mass is 457 g/mol. The van der Waals surface area contributed by atoms with Gasteiger partial charge in [-0.15, -0.1) is 10.2 Å². The first-order valence-electron chi connectivity index (χ1n) is 8.10. The lowest BCUT2D eigenvalue weighted by Crippen LogP contribution is -2.12. The third-order valence-corrected chi connectivity index (χ3v) is 6.06. The maximum Gasteiger partial charge on any atom is 0.257 e. The van der Waals surface area contributed by atoms with E-state index in [9.17, 15) is 9.18 Å². The second-order valence-corrected chi connectivity index (χ2v) is 8.46. The van der Waals surface area contributed by atoms with Crippen molar-refractivity contribution >= 4 is 57.3 Å². The molecule has 0 saturated carbocycles. The van der Waals surface area contributed by atoms with Crippen LogP contribution in [-0.2, 0) is 5.75 Å². The van der Waals surface area contributed by atoms with E-state index in [-0.39, 0.29) is 21.4 Å². The molecule has 0 radical (unpaired) electrons. The lowest BCUT2D eigenvalue weighted by Gasteiger charge is -2.09. The topological polar surface area (TPSA) is 64.1 Å². The van der Waals surface area contributed by atoms with E-state index in [4.69, 9.17) is 27.9 Å². The van der Waals surface area contributed by atoms with Crippen molar-refractivity contribution in [3.63, 3.8) is 0 Å². The van der Waals surface area contributed by atoms with Crippen LogP contribution in [0.1, 0.15) is 22.8 Å². The number of thioether (sulfide) groups is 1. The second kappa shape index (κ2) is 9.56. The summed E-state index contributed by atoms with van der Waals surface area (Å²) in [4.78, 5) is 12.4. The maximum absolute atomic E-state index is 12.9. The lowest BCUT2D eigenvalue weighted by molar-refractivity contribution is 0.102. The van der Waals surface area contributed by atoms with Gasteiger partial charge in [-0.05, 0) is 36.8 Å². The van der Waals surface area contributed by atoms with E-state index in [0.29, 0.717) is 27.6 Å². The van der Waals surface area contributed by atoms with Crippen molar-refractivity contribution in [2.45, 2.75) is 17.0 Å². The normalized spacial score (nSPS) is 10.7. The SMILES string of the molecule is CCOc1c(Cl)cc(C(=O)Nc2nnc(SCc3ccc(F)cc3)s2)cc1Cl. The zero-order valence-electron chi connectivity index (χ0n) is 14.5. The quantitative estimate of drug-likeness (QED) is 0.351. The molecule has 1 heterocycles. The molecule has 3 aromatic rings. The van der Waals surface area contributed by atoms with Gasteiger partial charge in [-0.1, -0.05) is 58.4 Å².